The highest BCUT2D eigenvalue weighted by Crippen LogP contribution is 2.22. The van der Waals surface area contributed by atoms with E-state index in [1.807, 2.05) is 13.0 Å². The Bertz CT molecular complexity index is 634. The molecule has 2 rings (SSSR count). The van der Waals surface area contributed by atoms with Gasteiger partial charge in [-0.3, -0.25) is 0 Å². The molecule has 0 aromatic heterocycles. The summed E-state index contributed by atoms with van der Waals surface area (Å²) in [6.07, 6.45) is -0.682. The lowest BCUT2D eigenvalue weighted by atomic mass is 10.1. The molecule has 2 aromatic rings. The molecule has 0 saturated heterocycles. The van der Waals surface area contributed by atoms with Gasteiger partial charge in [0, 0.05) is 12.6 Å². The third-order valence-electron chi connectivity index (χ3n) is 3.70. The van der Waals surface area contributed by atoms with Gasteiger partial charge >= 0.3 is 6.61 Å². The number of aliphatic hydroxyl groups excluding tert-OH is 1. The molecular formula is C18H21F2NO3. The third-order valence-corrected chi connectivity index (χ3v) is 3.70. The van der Waals surface area contributed by atoms with Crippen LogP contribution in [0.5, 0.6) is 11.5 Å². The third kappa shape index (κ3) is 5.18. The highest BCUT2D eigenvalue weighted by Gasteiger charge is 2.12. The van der Waals surface area contributed by atoms with Gasteiger partial charge in [0.15, 0.2) is 0 Å². The number of hydrogen-bond donors (Lipinski definition) is 2. The predicted octanol–water partition coefficient (Wildman–Crippen LogP) is 3.68. The van der Waals surface area contributed by atoms with E-state index in [1.54, 1.807) is 43.5 Å². The number of alkyl halides is 2. The lowest BCUT2D eigenvalue weighted by molar-refractivity contribution is -0.0499. The standard InChI is InChI=1S/C18H21F2NO3/c1-12(14-4-3-5-16(10-14)24-18(19)20)21-11-17(22)13-6-8-15(23-2)9-7-13/h3-10,12,17-18,21-22H,11H2,1-2H3. The second kappa shape index (κ2) is 8.61. The largest absolute Gasteiger partial charge is 0.497 e. The topological polar surface area (TPSA) is 50.7 Å². The van der Waals surface area contributed by atoms with Gasteiger partial charge in [-0.1, -0.05) is 24.3 Å². The second-order valence-electron chi connectivity index (χ2n) is 5.37. The molecule has 2 unspecified atom stereocenters. The van der Waals surface area contributed by atoms with Crippen LogP contribution < -0.4 is 14.8 Å². The van der Waals surface area contributed by atoms with E-state index in [-0.39, 0.29) is 11.8 Å². The first-order valence-electron chi connectivity index (χ1n) is 7.59. The van der Waals surface area contributed by atoms with Crippen LogP contribution in [0.4, 0.5) is 8.78 Å². The first kappa shape index (κ1) is 18.2. The van der Waals surface area contributed by atoms with Crippen molar-refractivity contribution in [1.29, 1.82) is 0 Å². The minimum Gasteiger partial charge on any atom is -0.497 e. The zero-order chi connectivity index (χ0) is 17.5. The summed E-state index contributed by atoms with van der Waals surface area (Å²) in [6.45, 7) is -0.629. The summed E-state index contributed by atoms with van der Waals surface area (Å²) in [5, 5.41) is 13.4. The Kier molecular flexibility index (Phi) is 6.52. The predicted molar refractivity (Wildman–Crippen MR) is 87.4 cm³/mol. The van der Waals surface area contributed by atoms with Crippen molar-refractivity contribution in [2.24, 2.45) is 0 Å². The maximum Gasteiger partial charge on any atom is 0.387 e. The fourth-order valence-corrected chi connectivity index (χ4v) is 2.31. The molecule has 2 atom stereocenters. The molecule has 0 aliphatic rings. The molecule has 0 heterocycles. The number of ether oxygens (including phenoxy) is 2. The van der Waals surface area contributed by atoms with Crippen LogP contribution in [0.15, 0.2) is 48.5 Å². The summed E-state index contributed by atoms with van der Waals surface area (Å²) in [6, 6.07) is 13.6. The van der Waals surface area contributed by atoms with Crippen molar-refractivity contribution in [2.75, 3.05) is 13.7 Å². The number of benzene rings is 2. The number of nitrogens with one attached hydrogen (secondary N) is 1. The molecule has 6 heteroatoms. The summed E-state index contributed by atoms with van der Waals surface area (Å²) in [5.41, 5.74) is 1.57. The number of rotatable bonds is 8. The molecule has 2 aromatic carbocycles. The molecule has 130 valence electrons. The smallest absolute Gasteiger partial charge is 0.387 e. The molecule has 0 fully saturated rings. The molecule has 0 spiro atoms. The summed E-state index contributed by atoms with van der Waals surface area (Å²) >= 11 is 0. The van der Waals surface area contributed by atoms with Crippen LogP contribution in [0, 0.1) is 0 Å². The zero-order valence-corrected chi connectivity index (χ0v) is 13.6. The van der Waals surface area contributed by atoms with E-state index in [1.165, 1.54) is 6.07 Å². The minimum absolute atomic E-state index is 0.117. The second-order valence-corrected chi connectivity index (χ2v) is 5.37. The van der Waals surface area contributed by atoms with Gasteiger partial charge in [-0.05, 0) is 42.3 Å². The zero-order valence-electron chi connectivity index (χ0n) is 13.6. The van der Waals surface area contributed by atoms with Crippen LogP contribution in [0.25, 0.3) is 0 Å². The van der Waals surface area contributed by atoms with E-state index < -0.39 is 12.7 Å². The van der Waals surface area contributed by atoms with E-state index in [0.717, 1.165) is 16.9 Å². The molecule has 0 saturated carbocycles. The lowest BCUT2D eigenvalue weighted by Crippen LogP contribution is -2.24. The summed E-state index contributed by atoms with van der Waals surface area (Å²) in [4.78, 5) is 0. The van der Waals surface area contributed by atoms with Gasteiger partial charge in [-0.15, -0.1) is 0 Å². The van der Waals surface area contributed by atoms with Crippen molar-refractivity contribution >= 4 is 0 Å². The van der Waals surface area contributed by atoms with Gasteiger partial charge in [0.1, 0.15) is 11.5 Å². The monoisotopic (exact) mass is 337 g/mol. The average molecular weight is 337 g/mol. The maximum atomic E-state index is 12.3. The Morgan fingerprint density at radius 3 is 2.38 bits per heavy atom. The Balaban J connectivity index is 1.93. The molecule has 24 heavy (non-hydrogen) atoms. The van der Waals surface area contributed by atoms with E-state index in [4.69, 9.17) is 4.74 Å². The number of halogens is 2. The van der Waals surface area contributed by atoms with Crippen LogP contribution in [-0.2, 0) is 0 Å². The fraction of sp³-hybridized carbons (Fsp3) is 0.333. The summed E-state index contributed by atoms with van der Waals surface area (Å²) in [7, 11) is 1.58. The summed E-state index contributed by atoms with van der Waals surface area (Å²) < 4.78 is 34.0. The van der Waals surface area contributed by atoms with Crippen molar-refractivity contribution in [3.63, 3.8) is 0 Å². The minimum atomic E-state index is -2.85. The molecule has 4 nitrogen and oxygen atoms in total. The Morgan fingerprint density at radius 2 is 1.75 bits per heavy atom. The Hall–Kier alpha value is -2.18. The molecular weight excluding hydrogens is 316 g/mol. The average Bonchev–Trinajstić information content (AvgIpc) is 2.59. The van der Waals surface area contributed by atoms with Crippen LogP contribution in [0.1, 0.15) is 30.2 Å². The molecule has 2 N–H and O–H groups in total. The van der Waals surface area contributed by atoms with Crippen LogP contribution in [0.3, 0.4) is 0 Å². The van der Waals surface area contributed by atoms with Crippen LogP contribution in [0.2, 0.25) is 0 Å². The van der Waals surface area contributed by atoms with E-state index in [2.05, 4.69) is 10.1 Å². The molecule has 0 aliphatic heterocycles. The van der Waals surface area contributed by atoms with Crippen molar-refractivity contribution in [3.05, 3.63) is 59.7 Å². The van der Waals surface area contributed by atoms with E-state index >= 15 is 0 Å². The maximum absolute atomic E-state index is 12.3. The molecule has 0 bridgehead atoms. The lowest BCUT2D eigenvalue weighted by Gasteiger charge is -2.18. The van der Waals surface area contributed by atoms with Crippen molar-refractivity contribution < 1.29 is 23.4 Å². The first-order chi connectivity index (χ1) is 11.5. The SMILES string of the molecule is COc1ccc(C(O)CNC(C)c2cccc(OC(F)F)c2)cc1. The highest BCUT2D eigenvalue weighted by molar-refractivity contribution is 5.31. The number of methoxy groups -OCH3 is 1. The molecule has 0 aliphatic carbocycles. The quantitative estimate of drug-likeness (QED) is 0.771. The summed E-state index contributed by atoms with van der Waals surface area (Å²) in [5.74, 6) is 0.843. The van der Waals surface area contributed by atoms with Crippen LogP contribution in [-0.4, -0.2) is 25.4 Å². The fourth-order valence-electron chi connectivity index (χ4n) is 2.31. The van der Waals surface area contributed by atoms with Gasteiger partial charge in [0.2, 0.25) is 0 Å². The van der Waals surface area contributed by atoms with Gasteiger partial charge in [-0.2, -0.15) is 8.78 Å². The van der Waals surface area contributed by atoms with Crippen molar-refractivity contribution in [2.45, 2.75) is 25.7 Å². The Morgan fingerprint density at radius 1 is 1.04 bits per heavy atom. The van der Waals surface area contributed by atoms with E-state index in [9.17, 15) is 13.9 Å². The number of hydrogen-bond acceptors (Lipinski definition) is 4. The van der Waals surface area contributed by atoms with Crippen molar-refractivity contribution in [3.8, 4) is 11.5 Å². The molecule has 0 amide bonds. The normalized spacial score (nSPS) is 13.6. The van der Waals surface area contributed by atoms with Gasteiger partial charge in [0.25, 0.3) is 0 Å². The highest BCUT2D eigenvalue weighted by atomic mass is 19.3. The Labute approximate surface area is 140 Å². The van der Waals surface area contributed by atoms with Gasteiger partial charge < -0.3 is 19.9 Å². The van der Waals surface area contributed by atoms with E-state index in [0.29, 0.717) is 6.54 Å². The molecule has 0 radical (unpaired) electrons. The van der Waals surface area contributed by atoms with Crippen molar-refractivity contribution in [1.82, 2.24) is 5.32 Å². The van der Waals surface area contributed by atoms with Crippen LogP contribution >= 0.6 is 0 Å². The van der Waals surface area contributed by atoms with Gasteiger partial charge in [-0.25, -0.2) is 0 Å². The van der Waals surface area contributed by atoms with Gasteiger partial charge in [0.05, 0.1) is 13.2 Å². The first-order valence-corrected chi connectivity index (χ1v) is 7.59. The number of aliphatic hydroxyl groups is 1.